The minimum absolute atomic E-state index is 0.0154. The van der Waals surface area contributed by atoms with Crippen molar-refractivity contribution in [1.29, 1.82) is 0 Å². The van der Waals surface area contributed by atoms with E-state index in [1.165, 1.54) is 6.07 Å². The average Bonchev–Trinajstić information content (AvgIpc) is 2.70. The maximum atomic E-state index is 13.4. The Labute approximate surface area is 157 Å². The largest absolute Gasteiger partial charge is 0.341 e. The average molecular weight is 372 g/mol. The Morgan fingerprint density at radius 1 is 0.963 bits per heavy atom. The van der Waals surface area contributed by atoms with Crippen LogP contribution in [0, 0.1) is 11.6 Å². The molecule has 1 aliphatic heterocycles. The van der Waals surface area contributed by atoms with E-state index in [1.54, 1.807) is 4.90 Å². The fourth-order valence-corrected chi connectivity index (χ4v) is 3.26. The van der Waals surface area contributed by atoms with Gasteiger partial charge in [-0.05, 0) is 43.0 Å². The molecule has 1 N–H and O–H groups in total. The second-order valence-electron chi connectivity index (χ2n) is 6.73. The van der Waals surface area contributed by atoms with Crippen molar-refractivity contribution in [1.82, 2.24) is 10.2 Å². The molecule has 0 bridgehead atoms. The highest BCUT2D eigenvalue weighted by Crippen LogP contribution is 2.14. The number of nitrogens with zero attached hydrogens (tertiary/aromatic N) is 1. The van der Waals surface area contributed by atoms with Gasteiger partial charge in [0, 0.05) is 25.1 Å². The summed E-state index contributed by atoms with van der Waals surface area (Å²) in [7, 11) is 0. The number of carbonyl (C=O) groups is 2. The van der Waals surface area contributed by atoms with Gasteiger partial charge >= 0.3 is 0 Å². The lowest BCUT2D eigenvalue weighted by molar-refractivity contribution is -0.134. The molecule has 1 heterocycles. The number of hydrogen-bond donors (Lipinski definition) is 1. The zero-order valence-electron chi connectivity index (χ0n) is 15.0. The predicted molar refractivity (Wildman–Crippen MR) is 98.2 cm³/mol. The Morgan fingerprint density at radius 2 is 1.67 bits per heavy atom. The third kappa shape index (κ3) is 4.90. The van der Waals surface area contributed by atoms with Crippen molar-refractivity contribution < 1.29 is 18.4 Å². The summed E-state index contributed by atoms with van der Waals surface area (Å²) in [4.78, 5) is 27.3. The van der Waals surface area contributed by atoms with E-state index in [9.17, 15) is 18.4 Å². The lowest BCUT2D eigenvalue weighted by Gasteiger charge is -2.31. The van der Waals surface area contributed by atoms with Gasteiger partial charge in [-0.25, -0.2) is 8.78 Å². The molecule has 1 fully saturated rings. The fraction of sp³-hybridized carbons (Fsp3) is 0.333. The summed E-state index contributed by atoms with van der Waals surface area (Å²) < 4.78 is 26.6. The predicted octanol–water partition coefficient (Wildman–Crippen LogP) is 3.32. The van der Waals surface area contributed by atoms with Crippen molar-refractivity contribution in [3.05, 3.63) is 71.3 Å². The van der Waals surface area contributed by atoms with Gasteiger partial charge in [0.1, 0.15) is 6.04 Å². The molecule has 0 aliphatic carbocycles. The molecule has 27 heavy (non-hydrogen) atoms. The Balaban J connectivity index is 1.78. The van der Waals surface area contributed by atoms with E-state index in [0.717, 1.165) is 37.0 Å². The van der Waals surface area contributed by atoms with Crippen molar-refractivity contribution in [2.45, 2.75) is 31.7 Å². The summed E-state index contributed by atoms with van der Waals surface area (Å²) in [5.74, 6) is -2.85. The van der Waals surface area contributed by atoms with Gasteiger partial charge in [-0.1, -0.05) is 30.3 Å². The Morgan fingerprint density at radius 3 is 2.33 bits per heavy atom. The summed E-state index contributed by atoms with van der Waals surface area (Å²) in [5, 5.41) is 2.71. The summed E-state index contributed by atoms with van der Waals surface area (Å²) in [6.45, 7) is 1.34. The second kappa shape index (κ2) is 8.75. The van der Waals surface area contributed by atoms with Gasteiger partial charge in [0.15, 0.2) is 11.6 Å². The van der Waals surface area contributed by atoms with Crippen molar-refractivity contribution in [2.75, 3.05) is 13.1 Å². The Kier molecular flexibility index (Phi) is 6.16. The number of hydrogen-bond acceptors (Lipinski definition) is 2. The van der Waals surface area contributed by atoms with Crippen LogP contribution < -0.4 is 5.32 Å². The van der Waals surface area contributed by atoms with Crippen LogP contribution in [-0.2, 0) is 11.2 Å². The van der Waals surface area contributed by atoms with Crippen LogP contribution in [0.2, 0.25) is 0 Å². The van der Waals surface area contributed by atoms with Gasteiger partial charge in [0.05, 0.1) is 0 Å². The monoisotopic (exact) mass is 372 g/mol. The first-order valence-corrected chi connectivity index (χ1v) is 9.13. The molecule has 1 saturated heterocycles. The van der Waals surface area contributed by atoms with E-state index >= 15 is 0 Å². The summed E-state index contributed by atoms with van der Waals surface area (Å²) in [5.41, 5.74) is 0.900. The minimum Gasteiger partial charge on any atom is -0.341 e. The third-order valence-corrected chi connectivity index (χ3v) is 4.74. The highest BCUT2D eigenvalue weighted by Gasteiger charge is 2.27. The van der Waals surface area contributed by atoms with Crippen LogP contribution in [0.1, 0.15) is 35.2 Å². The molecule has 2 aromatic rings. The van der Waals surface area contributed by atoms with Crippen LogP contribution in [0.5, 0.6) is 0 Å². The van der Waals surface area contributed by atoms with Crippen LogP contribution in [-0.4, -0.2) is 35.8 Å². The fourth-order valence-electron chi connectivity index (χ4n) is 3.26. The molecule has 1 atom stereocenters. The number of carbonyl (C=O) groups excluding carboxylic acids is 2. The topological polar surface area (TPSA) is 49.4 Å². The van der Waals surface area contributed by atoms with Gasteiger partial charge < -0.3 is 10.2 Å². The van der Waals surface area contributed by atoms with Crippen molar-refractivity contribution in [3.8, 4) is 0 Å². The number of amides is 2. The lowest BCUT2D eigenvalue weighted by atomic mass is 10.0. The van der Waals surface area contributed by atoms with Crippen molar-refractivity contribution in [2.24, 2.45) is 0 Å². The summed E-state index contributed by atoms with van der Waals surface area (Å²) >= 11 is 0. The molecule has 2 aromatic carbocycles. The van der Waals surface area contributed by atoms with E-state index in [-0.39, 0.29) is 11.5 Å². The van der Waals surface area contributed by atoms with Gasteiger partial charge in [-0.3, -0.25) is 9.59 Å². The molecular formula is C21H22F2N2O2. The first-order chi connectivity index (χ1) is 13.0. The molecule has 0 saturated carbocycles. The van der Waals surface area contributed by atoms with Crippen LogP contribution in [0.15, 0.2) is 48.5 Å². The quantitative estimate of drug-likeness (QED) is 0.875. The molecule has 142 valence electrons. The van der Waals surface area contributed by atoms with Gasteiger partial charge in [0.25, 0.3) is 5.91 Å². The number of rotatable bonds is 5. The zero-order valence-corrected chi connectivity index (χ0v) is 15.0. The van der Waals surface area contributed by atoms with E-state index in [4.69, 9.17) is 0 Å². The maximum absolute atomic E-state index is 13.4. The molecule has 3 rings (SSSR count). The van der Waals surface area contributed by atoms with Gasteiger partial charge in [-0.15, -0.1) is 0 Å². The molecule has 4 nitrogen and oxygen atoms in total. The maximum Gasteiger partial charge on any atom is 0.252 e. The Bertz CT molecular complexity index is 805. The van der Waals surface area contributed by atoms with Crippen molar-refractivity contribution in [3.63, 3.8) is 0 Å². The number of likely N-dealkylation sites (tertiary alicyclic amines) is 1. The Hall–Kier alpha value is -2.76. The normalized spacial score (nSPS) is 15.3. The molecular weight excluding hydrogens is 350 g/mol. The molecule has 0 radical (unpaired) electrons. The minimum atomic E-state index is -1.09. The number of nitrogens with one attached hydrogen (secondary N) is 1. The molecule has 1 aliphatic rings. The lowest BCUT2D eigenvalue weighted by Crippen LogP contribution is -2.51. The number of halogens is 2. The van der Waals surface area contributed by atoms with Crippen LogP contribution >= 0.6 is 0 Å². The van der Waals surface area contributed by atoms with Crippen LogP contribution in [0.4, 0.5) is 8.78 Å². The SMILES string of the molecule is O=C(N[C@@H](Cc1ccccc1)C(=O)N1CCCCC1)c1ccc(F)c(F)c1. The molecule has 6 heteroatoms. The van der Waals surface area contributed by atoms with Crippen molar-refractivity contribution >= 4 is 11.8 Å². The van der Waals surface area contributed by atoms with Crippen LogP contribution in [0.25, 0.3) is 0 Å². The van der Waals surface area contributed by atoms with Gasteiger partial charge in [0.2, 0.25) is 5.91 Å². The van der Waals surface area contributed by atoms with E-state index in [1.807, 2.05) is 30.3 Å². The molecule has 0 aromatic heterocycles. The number of benzene rings is 2. The summed E-state index contributed by atoms with van der Waals surface area (Å²) in [6, 6.07) is 11.6. The molecule has 2 amide bonds. The smallest absolute Gasteiger partial charge is 0.252 e. The number of piperidine rings is 1. The molecule has 0 spiro atoms. The summed E-state index contributed by atoms with van der Waals surface area (Å²) in [6.07, 6.45) is 3.32. The zero-order chi connectivity index (χ0) is 19.2. The van der Waals surface area contributed by atoms with E-state index in [0.29, 0.717) is 19.5 Å². The highest BCUT2D eigenvalue weighted by molar-refractivity contribution is 5.97. The highest BCUT2D eigenvalue weighted by atomic mass is 19.2. The standard InChI is InChI=1S/C21H22F2N2O2/c22-17-10-9-16(14-18(17)23)20(26)24-19(13-15-7-3-1-4-8-15)21(27)25-11-5-2-6-12-25/h1,3-4,7-10,14,19H,2,5-6,11-13H2,(H,24,26)/t19-/m0/s1. The van der Waals surface area contributed by atoms with Crippen LogP contribution in [0.3, 0.4) is 0 Å². The first-order valence-electron chi connectivity index (χ1n) is 9.13. The van der Waals surface area contributed by atoms with Gasteiger partial charge in [-0.2, -0.15) is 0 Å². The molecule has 0 unspecified atom stereocenters. The second-order valence-corrected chi connectivity index (χ2v) is 6.73. The van der Waals surface area contributed by atoms with E-state index < -0.39 is 23.6 Å². The first kappa shape index (κ1) is 19.0. The third-order valence-electron chi connectivity index (χ3n) is 4.74. The van der Waals surface area contributed by atoms with E-state index in [2.05, 4.69) is 5.32 Å².